The van der Waals surface area contributed by atoms with Gasteiger partial charge in [0.1, 0.15) is 0 Å². The van der Waals surface area contributed by atoms with Gasteiger partial charge in [-0.1, -0.05) is 30.9 Å². The van der Waals surface area contributed by atoms with E-state index in [4.69, 9.17) is 4.74 Å². The van der Waals surface area contributed by atoms with E-state index in [9.17, 15) is 0 Å². The van der Waals surface area contributed by atoms with Crippen molar-refractivity contribution in [1.82, 2.24) is 5.32 Å². The molecule has 0 spiro atoms. The first kappa shape index (κ1) is 13.7. The topological polar surface area (TPSA) is 21.3 Å². The molecule has 0 aromatic heterocycles. The normalized spacial score (nSPS) is 21.5. The van der Waals surface area contributed by atoms with E-state index in [2.05, 4.69) is 25.2 Å². The summed E-state index contributed by atoms with van der Waals surface area (Å²) in [6, 6.07) is 0.359. The monoisotopic (exact) mass is 225 g/mol. The first-order chi connectivity index (χ1) is 7.69. The maximum absolute atomic E-state index is 5.74. The second kappa shape index (κ2) is 7.08. The lowest BCUT2D eigenvalue weighted by molar-refractivity contribution is 0.0211. The van der Waals surface area contributed by atoms with Gasteiger partial charge in [0, 0.05) is 7.11 Å². The van der Waals surface area contributed by atoms with Crippen molar-refractivity contribution in [2.75, 3.05) is 14.2 Å². The minimum atomic E-state index is 0.334. The Bertz CT molecular complexity index is 215. The molecule has 2 heteroatoms. The van der Waals surface area contributed by atoms with Crippen molar-refractivity contribution in [3.63, 3.8) is 0 Å². The third kappa shape index (κ3) is 3.91. The molecule has 0 heterocycles. The van der Waals surface area contributed by atoms with Gasteiger partial charge in [0.15, 0.2) is 0 Å². The van der Waals surface area contributed by atoms with Crippen LogP contribution in [-0.2, 0) is 4.74 Å². The molecule has 2 atom stereocenters. The van der Waals surface area contributed by atoms with Gasteiger partial charge < -0.3 is 10.1 Å². The summed E-state index contributed by atoms with van der Waals surface area (Å²) in [6.45, 7) is 4.30. The molecule has 1 rings (SSSR count). The Labute approximate surface area is 100 Å². The molecule has 0 amide bonds. The average Bonchev–Trinajstić information content (AvgIpc) is 2.29. The third-order valence-electron chi connectivity index (χ3n) is 3.59. The van der Waals surface area contributed by atoms with Gasteiger partial charge in [-0.15, -0.1) is 0 Å². The van der Waals surface area contributed by atoms with Crippen molar-refractivity contribution in [1.29, 1.82) is 0 Å². The maximum Gasteiger partial charge on any atom is 0.0788 e. The molecule has 1 saturated carbocycles. The van der Waals surface area contributed by atoms with Crippen LogP contribution in [0.5, 0.6) is 0 Å². The highest BCUT2D eigenvalue weighted by atomic mass is 16.5. The molecule has 0 aromatic rings. The van der Waals surface area contributed by atoms with Gasteiger partial charge in [0.25, 0.3) is 0 Å². The van der Waals surface area contributed by atoms with Crippen LogP contribution < -0.4 is 5.32 Å². The number of allylic oxidation sites excluding steroid dienone is 1. The minimum Gasteiger partial charge on any atom is -0.379 e. The highest BCUT2D eigenvalue weighted by Gasteiger charge is 2.28. The Hall–Kier alpha value is -0.340. The highest BCUT2D eigenvalue weighted by molar-refractivity contribution is 5.05. The van der Waals surface area contributed by atoms with E-state index in [0.717, 1.165) is 5.92 Å². The minimum absolute atomic E-state index is 0.334. The Kier molecular flexibility index (Phi) is 6.07. The standard InChI is InChI=1S/C14H27NO/c1-11(2)10-13(15-3)14(16-4)12-8-6-5-7-9-12/h10,12-15H,5-9H2,1-4H3. The van der Waals surface area contributed by atoms with Crippen LogP contribution in [-0.4, -0.2) is 26.3 Å². The summed E-state index contributed by atoms with van der Waals surface area (Å²) in [5.74, 6) is 0.729. The van der Waals surface area contributed by atoms with Gasteiger partial charge in [-0.3, -0.25) is 0 Å². The molecule has 94 valence electrons. The van der Waals surface area contributed by atoms with Crippen LogP contribution in [0, 0.1) is 5.92 Å². The molecule has 2 unspecified atom stereocenters. The molecule has 1 aliphatic rings. The fourth-order valence-electron chi connectivity index (χ4n) is 2.80. The van der Waals surface area contributed by atoms with Crippen LogP contribution in [0.4, 0.5) is 0 Å². The number of hydrogen-bond acceptors (Lipinski definition) is 2. The van der Waals surface area contributed by atoms with E-state index in [1.54, 1.807) is 0 Å². The summed E-state index contributed by atoms with van der Waals surface area (Å²) in [7, 11) is 3.88. The van der Waals surface area contributed by atoms with Crippen molar-refractivity contribution >= 4 is 0 Å². The predicted octanol–water partition coefficient (Wildman–Crippen LogP) is 3.14. The van der Waals surface area contributed by atoms with Crippen LogP contribution in [0.3, 0.4) is 0 Å². The number of ether oxygens (including phenoxy) is 1. The third-order valence-corrected chi connectivity index (χ3v) is 3.59. The van der Waals surface area contributed by atoms with Gasteiger partial charge in [0.05, 0.1) is 12.1 Å². The van der Waals surface area contributed by atoms with Crippen LogP contribution >= 0.6 is 0 Å². The summed E-state index contributed by atoms with van der Waals surface area (Å²) in [5, 5.41) is 3.38. The van der Waals surface area contributed by atoms with Crippen LogP contribution in [0.15, 0.2) is 11.6 Å². The summed E-state index contributed by atoms with van der Waals surface area (Å²) in [4.78, 5) is 0. The lowest BCUT2D eigenvalue weighted by Gasteiger charge is -2.33. The number of methoxy groups -OCH3 is 1. The fourth-order valence-corrected chi connectivity index (χ4v) is 2.80. The zero-order valence-electron chi connectivity index (χ0n) is 11.3. The molecule has 1 aliphatic carbocycles. The molecule has 0 saturated heterocycles. The van der Waals surface area contributed by atoms with E-state index in [1.165, 1.54) is 37.7 Å². The van der Waals surface area contributed by atoms with E-state index < -0.39 is 0 Å². The summed E-state index contributed by atoms with van der Waals surface area (Å²) < 4.78 is 5.74. The lowest BCUT2D eigenvalue weighted by atomic mass is 9.82. The average molecular weight is 225 g/mol. The second-order valence-corrected chi connectivity index (χ2v) is 5.16. The predicted molar refractivity (Wildman–Crippen MR) is 69.7 cm³/mol. The molecule has 0 radical (unpaired) electrons. The SMILES string of the molecule is CNC(C=C(C)C)C(OC)C1CCCCC1. The van der Waals surface area contributed by atoms with E-state index >= 15 is 0 Å². The zero-order chi connectivity index (χ0) is 12.0. The molecular formula is C14H27NO. The van der Waals surface area contributed by atoms with Crippen LogP contribution in [0.2, 0.25) is 0 Å². The van der Waals surface area contributed by atoms with Crippen molar-refractivity contribution < 1.29 is 4.74 Å². The van der Waals surface area contributed by atoms with Crippen LogP contribution in [0.25, 0.3) is 0 Å². The van der Waals surface area contributed by atoms with Crippen LogP contribution in [0.1, 0.15) is 46.0 Å². The Morgan fingerprint density at radius 2 is 1.88 bits per heavy atom. The largest absolute Gasteiger partial charge is 0.379 e. The van der Waals surface area contributed by atoms with Crippen molar-refractivity contribution in [2.24, 2.45) is 5.92 Å². The lowest BCUT2D eigenvalue weighted by Crippen LogP contribution is -2.43. The number of hydrogen-bond donors (Lipinski definition) is 1. The van der Waals surface area contributed by atoms with Gasteiger partial charge in [-0.2, -0.15) is 0 Å². The summed E-state index contributed by atoms with van der Waals surface area (Å²) >= 11 is 0. The number of nitrogens with one attached hydrogen (secondary N) is 1. The molecule has 0 aromatic carbocycles. The van der Waals surface area contributed by atoms with Gasteiger partial charge in [0.2, 0.25) is 0 Å². The van der Waals surface area contributed by atoms with Crippen molar-refractivity contribution in [2.45, 2.75) is 58.1 Å². The van der Waals surface area contributed by atoms with Crippen molar-refractivity contribution in [3.05, 3.63) is 11.6 Å². The molecule has 1 fully saturated rings. The molecule has 2 nitrogen and oxygen atoms in total. The van der Waals surface area contributed by atoms with E-state index in [-0.39, 0.29) is 0 Å². The molecule has 0 aliphatic heterocycles. The molecule has 1 N–H and O–H groups in total. The second-order valence-electron chi connectivity index (χ2n) is 5.16. The van der Waals surface area contributed by atoms with Gasteiger partial charge in [-0.05, 0) is 39.7 Å². The molecular weight excluding hydrogens is 198 g/mol. The summed E-state index contributed by atoms with van der Waals surface area (Å²) in [5.41, 5.74) is 1.36. The Morgan fingerprint density at radius 3 is 2.31 bits per heavy atom. The van der Waals surface area contributed by atoms with E-state index in [0.29, 0.717) is 12.1 Å². The quantitative estimate of drug-likeness (QED) is 0.726. The Balaban J connectivity index is 2.65. The number of rotatable bonds is 5. The molecule has 16 heavy (non-hydrogen) atoms. The maximum atomic E-state index is 5.74. The highest BCUT2D eigenvalue weighted by Crippen LogP contribution is 2.29. The molecule has 0 bridgehead atoms. The van der Waals surface area contributed by atoms with Crippen molar-refractivity contribution in [3.8, 4) is 0 Å². The fraction of sp³-hybridized carbons (Fsp3) is 0.857. The van der Waals surface area contributed by atoms with E-state index in [1.807, 2.05) is 14.2 Å². The zero-order valence-corrected chi connectivity index (χ0v) is 11.3. The number of likely N-dealkylation sites (N-methyl/N-ethyl adjacent to an activating group) is 1. The Morgan fingerprint density at radius 1 is 1.25 bits per heavy atom. The first-order valence-electron chi connectivity index (χ1n) is 6.54. The summed E-state index contributed by atoms with van der Waals surface area (Å²) in [6.07, 6.45) is 9.43. The van der Waals surface area contributed by atoms with Gasteiger partial charge >= 0.3 is 0 Å². The van der Waals surface area contributed by atoms with Gasteiger partial charge in [-0.25, -0.2) is 0 Å². The first-order valence-corrected chi connectivity index (χ1v) is 6.54. The smallest absolute Gasteiger partial charge is 0.0788 e.